The molecule has 2 aromatic rings. The molecule has 0 spiro atoms. The van der Waals surface area contributed by atoms with Gasteiger partial charge in [0, 0.05) is 13.1 Å². The van der Waals surface area contributed by atoms with Crippen LogP contribution in [0.25, 0.3) is 10.8 Å². The van der Waals surface area contributed by atoms with Crippen LogP contribution in [0.15, 0.2) is 16.0 Å². The van der Waals surface area contributed by atoms with Crippen LogP contribution in [0.4, 0.5) is 11.6 Å². The van der Waals surface area contributed by atoms with Crippen LogP contribution in [-0.4, -0.2) is 23.2 Å². The van der Waals surface area contributed by atoms with Gasteiger partial charge in [-0.1, -0.05) is 0 Å². The van der Waals surface area contributed by atoms with Crippen molar-refractivity contribution >= 4 is 23.0 Å². The Morgan fingerprint density at radius 1 is 1.29 bits per heavy atom. The summed E-state index contributed by atoms with van der Waals surface area (Å²) in [7, 11) is 0. The van der Waals surface area contributed by atoms with E-state index >= 15 is 0 Å². The normalized spacial score (nSPS) is 16.4. The molecule has 1 aliphatic heterocycles. The summed E-state index contributed by atoms with van der Waals surface area (Å²) in [5, 5.41) is 5.95. The van der Waals surface area contributed by atoms with E-state index in [0.717, 1.165) is 18.0 Å². The molecular formula is C11H14N4OS. The van der Waals surface area contributed by atoms with Crippen molar-refractivity contribution in [3.8, 4) is 10.8 Å². The highest BCUT2D eigenvalue weighted by Crippen LogP contribution is 2.31. The number of piperidine rings is 1. The third kappa shape index (κ3) is 2.00. The highest BCUT2D eigenvalue weighted by Gasteiger charge is 2.18. The summed E-state index contributed by atoms with van der Waals surface area (Å²) in [5.41, 5.74) is 6.53. The van der Waals surface area contributed by atoms with Gasteiger partial charge in [-0.25, -0.2) is 0 Å². The number of anilines is 2. The quantitative estimate of drug-likeness (QED) is 0.886. The standard InChI is InChI=1S/C11H14N4OS/c12-8-4-7-17-9(8)10-13-11(14-16-10)15-5-2-1-3-6-15/h4,7H,1-3,5-6,12H2. The number of hydrogen-bond donors (Lipinski definition) is 1. The predicted octanol–water partition coefficient (Wildman–Crippen LogP) is 2.37. The average Bonchev–Trinajstić information content (AvgIpc) is 2.98. The highest BCUT2D eigenvalue weighted by atomic mass is 32.1. The first kappa shape index (κ1) is 10.6. The SMILES string of the molecule is Nc1ccsc1-c1nc(N2CCCCC2)no1. The van der Waals surface area contributed by atoms with Crippen molar-refractivity contribution in [1.29, 1.82) is 0 Å². The Hall–Kier alpha value is -1.56. The second-order valence-corrected chi connectivity index (χ2v) is 5.07. The number of rotatable bonds is 2. The van der Waals surface area contributed by atoms with Gasteiger partial charge in [0.25, 0.3) is 11.8 Å². The zero-order valence-electron chi connectivity index (χ0n) is 9.43. The van der Waals surface area contributed by atoms with E-state index in [1.807, 2.05) is 11.4 Å². The smallest absolute Gasteiger partial charge is 0.271 e. The van der Waals surface area contributed by atoms with Crippen LogP contribution in [0.2, 0.25) is 0 Å². The molecule has 6 heteroatoms. The van der Waals surface area contributed by atoms with E-state index in [1.54, 1.807) is 0 Å². The van der Waals surface area contributed by atoms with E-state index in [2.05, 4.69) is 15.0 Å². The molecule has 0 bridgehead atoms. The fraction of sp³-hybridized carbons (Fsp3) is 0.455. The van der Waals surface area contributed by atoms with Crippen molar-refractivity contribution < 1.29 is 4.52 Å². The van der Waals surface area contributed by atoms with Crippen LogP contribution in [-0.2, 0) is 0 Å². The lowest BCUT2D eigenvalue weighted by Gasteiger charge is -2.24. The maximum Gasteiger partial charge on any atom is 0.271 e. The molecule has 2 N–H and O–H groups in total. The Balaban J connectivity index is 1.85. The Morgan fingerprint density at radius 3 is 2.82 bits per heavy atom. The first-order valence-electron chi connectivity index (χ1n) is 5.76. The third-order valence-electron chi connectivity index (χ3n) is 2.94. The minimum Gasteiger partial charge on any atom is -0.397 e. The molecule has 2 aromatic heterocycles. The van der Waals surface area contributed by atoms with Gasteiger partial charge in [0.1, 0.15) is 4.88 Å². The lowest BCUT2D eigenvalue weighted by Crippen LogP contribution is -2.30. The van der Waals surface area contributed by atoms with Crippen molar-refractivity contribution in [2.75, 3.05) is 23.7 Å². The summed E-state index contributed by atoms with van der Waals surface area (Å²) in [4.78, 5) is 7.44. The number of nitrogens with two attached hydrogens (primary N) is 1. The maximum atomic E-state index is 5.83. The third-order valence-corrected chi connectivity index (χ3v) is 3.86. The molecule has 0 aromatic carbocycles. The summed E-state index contributed by atoms with van der Waals surface area (Å²) in [6, 6.07) is 1.85. The van der Waals surface area contributed by atoms with Crippen LogP contribution < -0.4 is 10.6 Å². The number of hydrogen-bond acceptors (Lipinski definition) is 6. The lowest BCUT2D eigenvalue weighted by atomic mass is 10.1. The minimum atomic E-state index is 0.526. The summed E-state index contributed by atoms with van der Waals surface area (Å²) in [6.07, 6.45) is 3.69. The Bertz CT molecular complexity index is 501. The van der Waals surface area contributed by atoms with Crippen LogP contribution in [0, 0.1) is 0 Å². The van der Waals surface area contributed by atoms with Gasteiger partial charge in [-0.15, -0.1) is 11.3 Å². The van der Waals surface area contributed by atoms with Crippen molar-refractivity contribution in [1.82, 2.24) is 10.1 Å². The van der Waals surface area contributed by atoms with E-state index in [1.165, 1.54) is 30.6 Å². The molecule has 3 heterocycles. The van der Waals surface area contributed by atoms with Crippen molar-refractivity contribution in [3.63, 3.8) is 0 Å². The number of aromatic nitrogens is 2. The molecule has 3 rings (SSSR count). The molecule has 1 saturated heterocycles. The first-order chi connectivity index (χ1) is 8.34. The second-order valence-electron chi connectivity index (χ2n) is 4.15. The molecule has 0 amide bonds. The monoisotopic (exact) mass is 250 g/mol. The molecular weight excluding hydrogens is 236 g/mol. The Morgan fingerprint density at radius 2 is 2.12 bits per heavy atom. The summed E-state index contributed by atoms with van der Waals surface area (Å²) in [6.45, 7) is 2.03. The van der Waals surface area contributed by atoms with Gasteiger partial charge in [-0.2, -0.15) is 4.98 Å². The molecule has 0 aliphatic carbocycles. The van der Waals surface area contributed by atoms with E-state index in [9.17, 15) is 0 Å². The van der Waals surface area contributed by atoms with E-state index in [-0.39, 0.29) is 0 Å². The number of nitrogen functional groups attached to an aromatic ring is 1. The molecule has 90 valence electrons. The largest absolute Gasteiger partial charge is 0.397 e. The second kappa shape index (κ2) is 4.37. The van der Waals surface area contributed by atoms with Gasteiger partial charge in [0.2, 0.25) is 0 Å². The summed E-state index contributed by atoms with van der Waals surface area (Å²) in [5.74, 6) is 1.21. The topological polar surface area (TPSA) is 68.2 Å². The van der Waals surface area contributed by atoms with Crippen molar-refractivity contribution in [2.45, 2.75) is 19.3 Å². The minimum absolute atomic E-state index is 0.526. The number of nitrogens with zero attached hydrogens (tertiary/aromatic N) is 3. The molecule has 5 nitrogen and oxygen atoms in total. The predicted molar refractivity (Wildman–Crippen MR) is 68.1 cm³/mol. The van der Waals surface area contributed by atoms with Crippen molar-refractivity contribution in [2.24, 2.45) is 0 Å². The van der Waals surface area contributed by atoms with Crippen molar-refractivity contribution in [3.05, 3.63) is 11.4 Å². The van der Waals surface area contributed by atoms with Gasteiger partial charge in [-0.05, 0) is 35.9 Å². The molecule has 0 saturated carbocycles. The lowest BCUT2D eigenvalue weighted by molar-refractivity contribution is 0.427. The molecule has 0 radical (unpaired) electrons. The summed E-state index contributed by atoms with van der Waals surface area (Å²) < 4.78 is 5.27. The summed E-state index contributed by atoms with van der Waals surface area (Å²) >= 11 is 1.52. The average molecular weight is 250 g/mol. The maximum absolute atomic E-state index is 5.83. The van der Waals surface area contributed by atoms with Gasteiger partial charge in [0.15, 0.2) is 0 Å². The van der Waals surface area contributed by atoms with Gasteiger partial charge < -0.3 is 15.2 Å². The van der Waals surface area contributed by atoms with E-state index in [4.69, 9.17) is 10.3 Å². The Labute approximate surface area is 103 Å². The van der Waals surface area contributed by atoms with Gasteiger partial charge in [0.05, 0.1) is 5.69 Å². The van der Waals surface area contributed by atoms with Gasteiger partial charge in [-0.3, -0.25) is 0 Å². The molecule has 0 atom stereocenters. The molecule has 1 aliphatic rings. The van der Waals surface area contributed by atoms with Crippen LogP contribution in [0.1, 0.15) is 19.3 Å². The van der Waals surface area contributed by atoms with Crippen LogP contribution in [0.3, 0.4) is 0 Å². The fourth-order valence-corrected chi connectivity index (χ4v) is 2.76. The zero-order valence-corrected chi connectivity index (χ0v) is 10.2. The number of thiophene rings is 1. The molecule has 17 heavy (non-hydrogen) atoms. The van der Waals surface area contributed by atoms with Gasteiger partial charge >= 0.3 is 0 Å². The Kier molecular flexibility index (Phi) is 2.72. The first-order valence-corrected chi connectivity index (χ1v) is 6.64. The molecule has 1 fully saturated rings. The van der Waals surface area contributed by atoms with E-state index < -0.39 is 0 Å². The zero-order chi connectivity index (χ0) is 11.7. The van der Waals surface area contributed by atoms with Crippen LogP contribution >= 0.6 is 11.3 Å². The fourth-order valence-electron chi connectivity index (χ4n) is 2.02. The van der Waals surface area contributed by atoms with Crippen LogP contribution in [0.5, 0.6) is 0 Å². The highest BCUT2D eigenvalue weighted by molar-refractivity contribution is 7.14. The molecule has 0 unspecified atom stereocenters. The van der Waals surface area contributed by atoms with E-state index in [0.29, 0.717) is 17.5 Å².